The molecule has 0 radical (unpaired) electrons. The number of aliphatic hydroxyl groups is 4. The van der Waals surface area contributed by atoms with Crippen molar-refractivity contribution in [3.63, 3.8) is 0 Å². The second kappa shape index (κ2) is 26.7. The summed E-state index contributed by atoms with van der Waals surface area (Å²) >= 11 is 0. The van der Waals surface area contributed by atoms with E-state index >= 15 is 0 Å². The molecule has 0 spiro atoms. The number of ether oxygens (including phenoxy) is 2. The van der Waals surface area contributed by atoms with Crippen molar-refractivity contribution in [2.75, 3.05) is 40.6 Å². The molecule has 0 aromatic rings. The van der Waals surface area contributed by atoms with Crippen LogP contribution in [0, 0.1) is 0 Å². The number of aliphatic hydroxyl groups excluding tert-OH is 4. The van der Waals surface area contributed by atoms with Crippen molar-refractivity contribution in [2.24, 2.45) is 0 Å². The lowest BCUT2D eigenvalue weighted by atomic mass is 10.4. The van der Waals surface area contributed by atoms with Gasteiger partial charge in [-0.3, -0.25) is 4.79 Å². The van der Waals surface area contributed by atoms with Crippen molar-refractivity contribution in [1.82, 2.24) is 0 Å². The molecule has 0 bridgehead atoms. The lowest BCUT2D eigenvalue weighted by molar-refractivity contribution is -0.134. The van der Waals surface area contributed by atoms with Crippen molar-refractivity contribution in [1.29, 1.82) is 0 Å². The Labute approximate surface area is 120 Å². The zero-order valence-corrected chi connectivity index (χ0v) is 12.9. The van der Waals surface area contributed by atoms with E-state index in [-0.39, 0.29) is 25.9 Å². The van der Waals surface area contributed by atoms with Crippen molar-refractivity contribution in [3.05, 3.63) is 0 Å². The number of aliphatic carboxylic acids is 1. The Morgan fingerprint density at radius 1 is 1.10 bits per heavy atom. The van der Waals surface area contributed by atoms with Gasteiger partial charge in [0.1, 0.15) is 0 Å². The summed E-state index contributed by atoms with van der Waals surface area (Å²) in [7, 11) is 3.25. The van der Waals surface area contributed by atoms with Gasteiger partial charge in [0.2, 0.25) is 0 Å². The molecule has 8 nitrogen and oxygen atoms in total. The molecule has 8 heteroatoms. The third-order valence-corrected chi connectivity index (χ3v) is 0.979. The summed E-state index contributed by atoms with van der Waals surface area (Å²) in [5, 5.41) is 39.8. The van der Waals surface area contributed by atoms with E-state index in [9.17, 15) is 0 Å². The van der Waals surface area contributed by atoms with E-state index in [0.717, 1.165) is 6.92 Å². The summed E-state index contributed by atoms with van der Waals surface area (Å²) in [6, 6.07) is 0. The van der Waals surface area contributed by atoms with E-state index in [4.69, 9.17) is 35.1 Å². The van der Waals surface area contributed by atoms with Gasteiger partial charge >= 0.3 is 0 Å². The fourth-order valence-corrected chi connectivity index (χ4v) is 0.356. The molecule has 2 unspecified atom stereocenters. The van der Waals surface area contributed by atoms with Crippen LogP contribution >= 0.6 is 0 Å². The summed E-state index contributed by atoms with van der Waals surface area (Å²) in [6.07, 6.45) is -0.612. The summed E-state index contributed by atoms with van der Waals surface area (Å²) in [5.74, 6) is -0.833. The molecule has 5 N–H and O–H groups in total. The first-order valence-corrected chi connectivity index (χ1v) is 5.95. The maximum atomic E-state index is 9.00. The van der Waals surface area contributed by atoms with Crippen LogP contribution in [0.15, 0.2) is 0 Å². The predicted octanol–water partition coefficient (Wildman–Crippen LogP) is -0.911. The van der Waals surface area contributed by atoms with Gasteiger partial charge in [0.05, 0.1) is 38.6 Å². The third-order valence-electron chi connectivity index (χ3n) is 0.979. The largest absolute Gasteiger partial charge is 0.481 e. The quantitative estimate of drug-likeness (QED) is 0.440. The van der Waals surface area contributed by atoms with Gasteiger partial charge in [0, 0.05) is 21.1 Å². The highest BCUT2D eigenvalue weighted by molar-refractivity contribution is 5.62. The van der Waals surface area contributed by atoms with E-state index in [1.165, 1.54) is 0 Å². The van der Waals surface area contributed by atoms with Crippen molar-refractivity contribution >= 4 is 5.97 Å². The minimum Gasteiger partial charge on any atom is -0.481 e. The summed E-state index contributed by atoms with van der Waals surface area (Å²) in [6.45, 7) is 4.53. The average Bonchev–Trinajstić information content (AvgIpc) is 2.36. The Morgan fingerprint density at radius 3 is 1.55 bits per heavy atom. The Bertz CT molecular complexity index is 158. The van der Waals surface area contributed by atoms with Crippen LogP contribution in [0.4, 0.5) is 0 Å². The number of carboxylic acids is 1. The zero-order valence-electron chi connectivity index (χ0n) is 12.9. The number of rotatable bonds is 5. The third kappa shape index (κ3) is 86.8. The van der Waals surface area contributed by atoms with Crippen LogP contribution in [0.1, 0.15) is 20.8 Å². The van der Waals surface area contributed by atoms with Gasteiger partial charge in [-0.1, -0.05) is 0 Å². The van der Waals surface area contributed by atoms with Gasteiger partial charge in [0.25, 0.3) is 5.97 Å². The molecule has 0 rings (SSSR count). The van der Waals surface area contributed by atoms with Gasteiger partial charge in [0.15, 0.2) is 0 Å². The molecular formula is C12H30O8. The van der Waals surface area contributed by atoms with Crippen LogP contribution in [-0.4, -0.2) is 84.4 Å². The van der Waals surface area contributed by atoms with Gasteiger partial charge in [-0.05, 0) is 13.8 Å². The molecule has 126 valence electrons. The highest BCUT2D eigenvalue weighted by Crippen LogP contribution is 1.90. The highest BCUT2D eigenvalue weighted by atomic mass is 16.5. The van der Waals surface area contributed by atoms with Gasteiger partial charge in [-0.15, -0.1) is 0 Å². The van der Waals surface area contributed by atoms with Crippen molar-refractivity contribution in [2.45, 2.75) is 33.0 Å². The summed E-state index contributed by atoms with van der Waals surface area (Å²) in [4.78, 5) is 9.00. The van der Waals surface area contributed by atoms with Gasteiger partial charge < -0.3 is 35.0 Å². The average molecular weight is 302 g/mol. The Balaban J connectivity index is -0.0000000976. The number of hydrogen-bond acceptors (Lipinski definition) is 7. The molecule has 0 saturated carbocycles. The zero-order chi connectivity index (χ0) is 17.0. The standard InChI is InChI=1S/C6H14O3.C2H4O2.C2H6O2.C2H6O/c1-5(8)4-9-6(2)3-7;1-2(3)4;3-1-2-4;1-3-2/h5-8H,3-4H2,1-2H3;1H3,(H,3,4);3-4H,1-2H2;1-2H3. The van der Waals surface area contributed by atoms with Gasteiger partial charge in [-0.2, -0.15) is 0 Å². The molecule has 0 amide bonds. The van der Waals surface area contributed by atoms with E-state index in [0.29, 0.717) is 6.61 Å². The Morgan fingerprint density at radius 2 is 1.40 bits per heavy atom. The number of carboxylic acid groups (broad SMARTS) is 1. The number of methoxy groups -OCH3 is 1. The smallest absolute Gasteiger partial charge is 0.300 e. The van der Waals surface area contributed by atoms with Crippen LogP contribution in [0.2, 0.25) is 0 Å². The van der Waals surface area contributed by atoms with Crippen molar-refractivity contribution in [3.8, 4) is 0 Å². The molecule has 20 heavy (non-hydrogen) atoms. The molecule has 0 heterocycles. The first-order valence-electron chi connectivity index (χ1n) is 5.95. The Hall–Kier alpha value is -0.770. The highest BCUT2D eigenvalue weighted by Gasteiger charge is 2.00. The van der Waals surface area contributed by atoms with Crippen molar-refractivity contribution < 1.29 is 39.8 Å². The molecular weight excluding hydrogens is 272 g/mol. The van der Waals surface area contributed by atoms with Crippen LogP contribution in [0.25, 0.3) is 0 Å². The minimum atomic E-state index is -0.833. The molecule has 0 fully saturated rings. The SMILES string of the molecule is CC(=O)O.CC(O)COC(C)CO.COC.OCCO. The second-order valence-corrected chi connectivity index (χ2v) is 3.55. The monoisotopic (exact) mass is 302 g/mol. The molecule has 2 atom stereocenters. The molecule has 0 aromatic heterocycles. The van der Waals surface area contributed by atoms with E-state index < -0.39 is 12.1 Å². The maximum absolute atomic E-state index is 9.00. The fourth-order valence-electron chi connectivity index (χ4n) is 0.356. The maximum Gasteiger partial charge on any atom is 0.300 e. The lowest BCUT2D eigenvalue weighted by Gasteiger charge is -2.10. The first kappa shape index (κ1) is 27.6. The van der Waals surface area contributed by atoms with Crippen LogP contribution < -0.4 is 0 Å². The number of carbonyl (C=O) groups is 1. The Kier molecular flexibility index (Phi) is 36.8. The van der Waals surface area contributed by atoms with Crippen LogP contribution in [-0.2, 0) is 14.3 Å². The van der Waals surface area contributed by atoms with Crippen LogP contribution in [0.5, 0.6) is 0 Å². The molecule has 0 aliphatic rings. The predicted molar refractivity (Wildman–Crippen MR) is 74.6 cm³/mol. The molecule has 0 saturated heterocycles. The molecule has 0 aliphatic heterocycles. The fraction of sp³-hybridized carbons (Fsp3) is 0.917. The topological polar surface area (TPSA) is 137 Å². The van der Waals surface area contributed by atoms with E-state index in [1.54, 1.807) is 28.1 Å². The normalized spacial score (nSPS) is 11.4. The van der Waals surface area contributed by atoms with E-state index in [1.807, 2.05) is 0 Å². The van der Waals surface area contributed by atoms with Gasteiger partial charge in [-0.25, -0.2) is 0 Å². The number of hydrogen-bond donors (Lipinski definition) is 5. The lowest BCUT2D eigenvalue weighted by Crippen LogP contribution is -2.19. The first-order chi connectivity index (χ1) is 9.22. The summed E-state index contributed by atoms with van der Waals surface area (Å²) < 4.78 is 9.20. The second-order valence-electron chi connectivity index (χ2n) is 3.55. The van der Waals surface area contributed by atoms with E-state index in [2.05, 4.69) is 4.74 Å². The molecule has 0 aliphatic carbocycles. The van der Waals surface area contributed by atoms with Crippen LogP contribution in [0.3, 0.4) is 0 Å². The molecule has 0 aromatic carbocycles. The summed E-state index contributed by atoms with van der Waals surface area (Å²) in [5.41, 5.74) is 0. The minimum absolute atomic E-state index is 0.00667.